The van der Waals surface area contributed by atoms with Gasteiger partial charge in [0.2, 0.25) is 0 Å². The van der Waals surface area contributed by atoms with E-state index in [-0.39, 0.29) is 0 Å². The maximum absolute atomic E-state index is 5.81. The van der Waals surface area contributed by atoms with Crippen LogP contribution in [0, 0.1) is 0 Å². The van der Waals surface area contributed by atoms with Crippen molar-refractivity contribution in [2.75, 3.05) is 6.54 Å². The third-order valence-electron chi connectivity index (χ3n) is 2.61. The van der Waals surface area contributed by atoms with E-state index >= 15 is 0 Å². The normalized spacial score (nSPS) is 10.7. The van der Waals surface area contributed by atoms with Crippen LogP contribution in [0.5, 0.6) is 5.75 Å². The molecule has 1 aromatic heterocycles. The SMILES string of the molecule is CCNCc1cc(Br)ccc1OCc1cn(C)nn1. The molecule has 0 bridgehead atoms. The van der Waals surface area contributed by atoms with Crippen LogP contribution >= 0.6 is 15.9 Å². The molecule has 0 saturated heterocycles. The summed E-state index contributed by atoms with van der Waals surface area (Å²) >= 11 is 3.48. The summed E-state index contributed by atoms with van der Waals surface area (Å²) in [5, 5.41) is 11.2. The van der Waals surface area contributed by atoms with Gasteiger partial charge in [0.15, 0.2) is 0 Å². The lowest BCUT2D eigenvalue weighted by atomic mass is 10.2. The predicted octanol–water partition coefficient (Wildman–Crippen LogP) is 2.27. The second kappa shape index (κ2) is 6.68. The molecule has 5 nitrogen and oxygen atoms in total. The van der Waals surface area contributed by atoms with E-state index < -0.39 is 0 Å². The number of halogens is 1. The van der Waals surface area contributed by atoms with E-state index in [0.717, 1.165) is 34.6 Å². The Labute approximate surface area is 121 Å². The van der Waals surface area contributed by atoms with Crippen LogP contribution in [0.3, 0.4) is 0 Å². The van der Waals surface area contributed by atoms with Gasteiger partial charge < -0.3 is 10.1 Å². The average Bonchev–Trinajstić information content (AvgIpc) is 2.81. The molecule has 102 valence electrons. The molecule has 0 radical (unpaired) electrons. The summed E-state index contributed by atoms with van der Waals surface area (Å²) in [5.41, 5.74) is 1.94. The van der Waals surface area contributed by atoms with E-state index in [4.69, 9.17) is 4.74 Å². The van der Waals surface area contributed by atoms with Crippen molar-refractivity contribution >= 4 is 15.9 Å². The summed E-state index contributed by atoms with van der Waals surface area (Å²) in [6.07, 6.45) is 1.85. The van der Waals surface area contributed by atoms with Crippen molar-refractivity contribution in [2.24, 2.45) is 7.05 Å². The first-order chi connectivity index (χ1) is 9.19. The Kier molecular flexibility index (Phi) is 4.93. The van der Waals surface area contributed by atoms with E-state index in [1.54, 1.807) is 4.68 Å². The summed E-state index contributed by atoms with van der Waals surface area (Å²) in [6, 6.07) is 6.00. The highest BCUT2D eigenvalue weighted by Gasteiger charge is 2.06. The highest BCUT2D eigenvalue weighted by atomic mass is 79.9. The molecule has 19 heavy (non-hydrogen) atoms. The fraction of sp³-hybridized carbons (Fsp3) is 0.385. The molecule has 0 saturated carbocycles. The second-order valence-corrected chi connectivity index (χ2v) is 5.12. The lowest BCUT2D eigenvalue weighted by Crippen LogP contribution is -2.13. The van der Waals surface area contributed by atoms with Crippen molar-refractivity contribution in [3.8, 4) is 5.75 Å². The quantitative estimate of drug-likeness (QED) is 0.885. The third-order valence-corrected chi connectivity index (χ3v) is 3.11. The van der Waals surface area contributed by atoms with Crippen molar-refractivity contribution in [3.63, 3.8) is 0 Å². The Morgan fingerprint density at radius 1 is 1.42 bits per heavy atom. The van der Waals surface area contributed by atoms with E-state index in [2.05, 4.69) is 44.5 Å². The highest BCUT2D eigenvalue weighted by molar-refractivity contribution is 9.10. The Morgan fingerprint density at radius 3 is 2.95 bits per heavy atom. The fourth-order valence-electron chi connectivity index (χ4n) is 1.70. The molecule has 2 aromatic rings. The summed E-state index contributed by atoms with van der Waals surface area (Å²) in [6.45, 7) is 4.22. The van der Waals surface area contributed by atoms with E-state index in [0.29, 0.717) is 6.61 Å². The highest BCUT2D eigenvalue weighted by Crippen LogP contribution is 2.23. The predicted molar refractivity (Wildman–Crippen MR) is 76.9 cm³/mol. The molecule has 0 aliphatic rings. The molecule has 1 heterocycles. The second-order valence-electron chi connectivity index (χ2n) is 4.20. The maximum atomic E-state index is 5.81. The zero-order valence-electron chi connectivity index (χ0n) is 11.1. The largest absolute Gasteiger partial charge is 0.487 e. The van der Waals surface area contributed by atoms with E-state index in [1.807, 2.05) is 25.4 Å². The smallest absolute Gasteiger partial charge is 0.134 e. The molecule has 1 N–H and O–H groups in total. The van der Waals surface area contributed by atoms with Crippen LogP contribution in [-0.4, -0.2) is 21.5 Å². The minimum absolute atomic E-state index is 0.425. The lowest BCUT2D eigenvalue weighted by Gasteiger charge is -2.11. The number of nitrogens with zero attached hydrogens (tertiary/aromatic N) is 3. The van der Waals surface area contributed by atoms with Crippen LogP contribution in [-0.2, 0) is 20.2 Å². The molecule has 1 aromatic carbocycles. The standard InChI is InChI=1S/C13H17BrN4O/c1-3-15-7-10-6-11(14)4-5-13(10)19-9-12-8-18(2)17-16-12/h4-6,8,15H,3,7,9H2,1-2H3. The average molecular weight is 325 g/mol. The van der Waals surface area contributed by atoms with Crippen molar-refractivity contribution in [1.29, 1.82) is 0 Å². The molecule has 0 amide bonds. The monoisotopic (exact) mass is 324 g/mol. The zero-order chi connectivity index (χ0) is 13.7. The Bertz CT molecular complexity index is 541. The van der Waals surface area contributed by atoms with Crippen LogP contribution in [0.25, 0.3) is 0 Å². The minimum atomic E-state index is 0.425. The van der Waals surface area contributed by atoms with Crippen molar-refractivity contribution in [1.82, 2.24) is 20.3 Å². The Morgan fingerprint density at radius 2 is 2.26 bits per heavy atom. The lowest BCUT2D eigenvalue weighted by molar-refractivity contribution is 0.297. The van der Waals surface area contributed by atoms with Crippen LogP contribution in [0.1, 0.15) is 18.2 Å². The molecule has 6 heteroatoms. The van der Waals surface area contributed by atoms with Crippen LogP contribution in [0.15, 0.2) is 28.9 Å². The first-order valence-corrected chi connectivity index (χ1v) is 6.95. The van der Waals surface area contributed by atoms with Gasteiger partial charge in [-0.05, 0) is 24.7 Å². The first kappa shape index (κ1) is 14.0. The summed E-state index contributed by atoms with van der Waals surface area (Å²) in [5.74, 6) is 0.870. The first-order valence-electron chi connectivity index (χ1n) is 6.16. The summed E-state index contributed by atoms with van der Waals surface area (Å²) in [4.78, 5) is 0. The molecular formula is C13H17BrN4O. The minimum Gasteiger partial charge on any atom is -0.487 e. The molecule has 0 spiro atoms. The van der Waals surface area contributed by atoms with E-state index in [9.17, 15) is 0 Å². The van der Waals surface area contributed by atoms with Gasteiger partial charge in [0.1, 0.15) is 18.1 Å². The molecule has 0 fully saturated rings. The van der Waals surface area contributed by atoms with Gasteiger partial charge in [-0.25, -0.2) is 0 Å². The van der Waals surface area contributed by atoms with Crippen LogP contribution in [0.2, 0.25) is 0 Å². The molecule has 0 aliphatic heterocycles. The third kappa shape index (κ3) is 4.04. The number of rotatable bonds is 6. The molecular weight excluding hydrogens is 308 g/mol. The van der Waals surface area contributed by atoms with Crippen LogP contribution < -0.4 is 10.1 Å². The molecule has 2 rings (SSSR count). The number of ether oxygens (including phenoxy) is 1. The van der Waals surface area contributed by atoms with Crippen LogP contribution in [0.4, 0.5) is 0 Å². The number of aromatic nitrogens is 3. The van der Waals surface area contributed by atoms with Gasteiger partial charge in [0, 0.05) is 23.6 Å². The van der Waals surface area contributed by atoms with Gasteiger partial charge >= 0.3 is 0 Å². The van der Waals surface area contributed by atoms with Crippen molar-refractivity contribution in [2.45, 2.75) is 20.1 Å². The van der Waals surface area contributed by atoms with Gasteiger partial charge in [0.25, 0.3) is 0 Å². The topological polar surface area (TPSA) is 52.0 Å². The molecule has 0 atom stereocenters. The zero-order valence-corrected chi connectivity index (χ0v) is 12.6. The maximum Gasteiger partial charge on any atom is 0.134 e. The molecule has 0 aliphatic carbocycles. The summed E-state index contributed by atoms with van der Waals surface area (Å²) in [7, 11) is 1.84. The summed E-state index contributed by atoms with van der Waals surface area (Å²) < 4.78 is 8.53. The number of benzene rings is 1. The van der Waals surface area contributed by atoms with Crippen molar-refractivity contribution < 1.29 is 4.74 Å². The number of hydrogen-bond acceptors (Lipinski definition) is 4. The van der Waals surface area contributed by atoms with E-state index in [1.165, 1.54) is 0 Å². The number of hydrogen-bond donors (Lipinski definition) is 1. The Hall–Kier alpha value is -1.40. The van der Waals surface area contributed by atoms with Gasteiger partial charge in [-0.1, -0.05) is 28.1 Å². The fourth-order valence-corrected chi connectivity index (χ4v) is 2.11. The van der Waals surface area contributed by atoms with Gasteiger partial charge in [-0.3, -0.25) is 4.68 Å². The van der Waals surface area contributed by atoms with Gasteiger partial charge in [0.05, 0.1) is 6.20 Å². The number of nitrogens with one attached hydrogen (secondary N) is 1. The van der Waals surface area contributed by atoms with Gasteiger partial charge in [-0.15, -0.1) is 5.10 Å². The Balaban J connectivity index is 2.05. The molecule has 0 unspecified atom stereocenters. The van der Waals surface area contributed by atoms with Gasteiger partial charge in [-0.2, -0.15) is 0 Å². The number of aryl methyl sites for hydroxylation is 1. The van der Waals surface area contributed by atoms with Crippen molar-refractivity contribution in [3.05, 3.63) is 40.1 Å².